The zero-order valence-corrected chi connectivity index (χ0v) is 24.0. The second kappa shape index (κ2) is 10.3. The Kier molecular flexibility index (Phi) is 6.53. The summed E-state index contributed by atoms with van der Waals surface area (Å²) in [7, 11) is 0. The van der Waals surface area contributed by atoms with Crippen molar-refractivity contribution in [2.45, 2.75) is 60.9 Å². The number of hydrogen-bond acceptors (Lipinski definition) is 6. The molecule has 4 aromatic rings. The molecule has 8 heteroatoms. The van der Waals surface area contributed by atoms with Crippen LogP contribution in [-0.4, -0.2) is 44.6 Å². The summed E-state index contributed by atoms with van der Waals surface area (Å²) in [5, 5.41) is 18.9. The van der Waals surface area contributed by atoms with E-state index in [4.69, 9.17) is 18.9 Å². The highest BCUT2D eigenvalue weighted by atomic mass is 16.6. The average molecular weight is 593 g/mol. The van der Waals surface area contributed by atoms with Gasteiger partial charge in [-0.15, -0.1) is 0 Å². The summed E-state index contributed by atoms with van der Waals surface area (Å²) in [4.78, 5) is 23.0. The van der Waals surface area contributed by atoms with Crippen molar-refractivity contribution < 1.29 is 38.7 Å². The fraction of sp³-hybridized carbons (Fsp3) is 0.278. The molecule has 0 radical (unpaired) electrons. The predicted octanol–water partition coefficient (Wildman–Crippen LogP) is 7.04. The Morgan fingerprint density at radius 2 is 0.659 bits per heavy atom. The van der Waals surface area contributed by atoms with E-state index in [1.807, 2.05) is 60.7 Å². The largest absolute Gasteiger partial charge is 0.487 e. The van der Waals surface area contributed by atoms with E-state index in [1.165, 1.54) is 0 Å². The number of benzene rings is 4. The highest BCUT2D eigenvalue weighted by molar-refractivity contribution is 5.88. The molecule has 0 spiro atoms. The monoisotopic (exact) mass is 592 g/mol. The molecule has 224 valence electrons. The highest BCUT2D eigenvalue weighted by Gasteiger charge is 2.73. The number of ether oxygens (including phenoxy) is 4. The summed E-state index contributed by atoms with van der Waals surface area (Å²) in [5.74, 6) is 0.596. The average Bonchev–Trinajstić information content (AvgIpc) is 2.97. The molecule has 4 aromatic carbocycles. The second-order valence-corrected chi connectivity index (χ2v) is 12.5. The topological polar surface area (TPSA) is 112 Å². The van der Waals surface area contributed by atoms with Crippen molar-refractivity contribution in [1.82, 2.24) is 0 Å². The molecule has 0 saturated heterocycles. The zero-order chi connectivity index (χ0) is 30.4. The number of para-hydroxylation sites is 2. The number of carboxylic acid groups (broad SMARTS) is 2. The summed E-state index contributed by atoms with van der Waals surface area (Å²) in [6.45, 7) is 0. The lowest BCUT2D eigenvalue weighted by Gasteiger charge is -2.67. The highest BCUT2D eigenvalue weighted by Crippen LogP contribution is 2.65. The van der Waals surface area contributed by atoms with Crippen LogP contribution in [0.3, 0.4) is 0 Å². The number of rotatable bonds is 10. The third-order valence-electron chi connectivity index (χ3n) is 8.89. The van der Waals surface area contributed by atoms with Gasteiger partial charge >= 0.3 is 11.9 Å². The van der Waals surface area contributed by atoms with Gasteiger partial charge in [-0.25, -0.2) is 9.59 Å². The first kappa shape index (κ1) is 27.8. The first-order chi connectivity index (χ1) is 21.2. The summed E-state index contributed by atoms with van der Waals surface area (Å²) < 4.78 is 27.6. The molecule has 0 unspecified atom stereocenters. The molecule has 4 bridgehead atoms. The van der Waals surface area contributed by atoms with Gasteiger partial charge in [0.2, 0.25) is 0 Å². The quantitative estimate of drug-likeness (QED) is 0.202. The minimum absolute atomic E-state index is 0.181. The maximum Gasteiger partial charge on any atom is 0.335 e. The molecule has 0 atom stereocenters. The number of carboxylic acids is 2. The van der Waals surface area contributed by atoms with E-state index in [0.717, 1.165) is 11.5 Å². The third kappa shape index (κ3) is 5.32. The van der Waals surface area contributed by atoms with E-state index < -0.39 is 34.3 Å². The molecule has 4 aliphatic carbocycles. The lowest BCUT2D eigenvalue weighted by atomic mass is 9.48. The van der Waals surface area contributed by atoms with Crippen molar-refractivity contribution in [2.75, 3.05) is 0 Å². The maximum absolute atomic E-state index is 11.5. The summed E-state index contributed by atoms with van der Waals surface area (Å²) in [5.41, 5.74) is -2.56. The van der Waals surface area contributed by atoms with Crippen LogP contribution in [-0.2, 0) is 0 Å². The Morgan fingerprint density at radius 3 is 0.909 bits per heavy atom. The first-order valence-electron chi connectivity index (χ1n) is 14.7. The minimum atomic E-state index is -1.00. The van der Waals surface area contributed by atoms with Crippen LogP contribution in [0.15, 0.2) is 109 Å². The summed E-state index contributed by atoms with van der Waals surface area (Å²) in [6, 6.07) is 32.4. The Labute approximate surface area is 254 Å². The molecular formula is C36H32O8. The number of hydrogen-bond donors (Lipinski definition) is 2. The molecule has 0 aliphatic heterocycles. The maximum atomic E-state index is 11.5. The molecule has 0 heterocycles. The Morgan fingerprint density at radius 1 is 0.409 bits per heavy atom. The van der Waals surface area contributed by atoms with Gasteiger partial charge in [0, 0.05) is 38.5 Å². The molecule has 4 fully saturated rings. The van der Waals surface area contributed by atoms with Crippen LogP contribution >= 0.6 is 0 Å². The molecule has 0 aromatic heterocycles. The van der Waals surface area contributed by atoms with Crippen LogP contribution in [0.1, 0.15) is 59.2 Å². The molecule has 4 saturated carbocycles. The van der Waals surface area contributed by atoms with E-state index in [2.05, 4.69) is 0 Å². The zero-order valence-electron chi connectivity index (χ0n) is 24.0. The standard InChI is InChI=1S/C36H32O8/c37-31(38)25-11-15-29(16-12-25)43-35-20-33(41-27-7-3-1-4-8-27)19-34(22-35,42-28-9-5-2-6-10-28)23-36(21-33,24-35)44-30-17-13-26(14-18-30)32(39)40/h1-18H,19-24H2,(H,37,38)(H,39,40). The van der Waals surface area contributed by atoms with Gasteiger partial charge < -0.3 is 29.2 Å². The fourth-order valence-corrected chi connectivity index (χ4v) is 8.01. The first-order valence-corrected chi connectivity index (χ1v) is 14.7. The van der Waals surface area contributed by atoms with Crippen LogP contribution in [0.4, 0.5) is 0 Å². The van der Waals surface area contributed by atoms with Crippen LogP contribution in [0.25, 0.3) is 0 Å². The minimum Gasteiger partial charge on any atom is -0.487 e. The smallest absolute Gasteiger partial charge is 0.335 e. The van der Waals surface area contributed by atoms with Crippen molar-refractivity contribution in [3.05, 3.63) is 120 Å². The van der Waals surface area contributed by atoms with Gasteiger partial charge in [-0.2, -0.15) is 0 Å². The molecule has 44 heavy (non-hydrogen) atoms. The van der Waals surface area contributed by atoms with Gasteiger partial charge in [0.25, 0.3) is 0 Å². The van der Waals surface area contributed by atoms with E-state index in [9.17, 15) is 19.8 Å². The molecule has 0 amide bonds. The SMILES string of the molecule is O=C(O)c1ccc(OC23CC4(Oc5ccccc5)CC(Oc5ccccc5)(C2)CC(Oc2ccc(C(=O)O)cc2)(C4)C3)cc1. The number of carbonyl (C=O) groups is 2. The van der Waals surface area contributed by atoms with Crippen LogP contribution < -0.4 is 18.9 Å². The van der Waals surface area contributed by atoms with E-state index >= 15 is 0 Å². The van der Waals surface area contributed by atoms with Crippen molar-refractivity contribution in [1.29, 1.82) is 0 Å². The Bertz CT molecular complexity index is 1530. The molecule has 8 rings (SSSR count). The summed E-state index contributed by atoms with van der Waals surface area (Å²) >= 11 is 0. The van der Waals surface area contributed by atoms with Crippen molar-refractivity contribution in [2.24, 2.45) is 0 Å². The molecule has 4 aliphatic rings. The van der Waals surface area contributed by atoms with Crippen molar-refractivity contribution in [3.8, 4) is 23.0 Å². The lowest BCUT2D eigenvalue weighted by molar-refractivity contribution is -0.270. The van der Waals surface area contributed by atoms with Crippen LogP contribution in [0.2, 0.25) is 0 Å². The van der Waals surface area contributed by atoms with E-state index in [0.29, 0.717) is 50.0 Å². The molecule has 2 N–H and O–H groups in total. The van der Waals surface area contributed by atoms with Crippen LogP contribution in [0.5, 0.6) is 23.0 Å². The van der Waals surface area contributed by atoms with Crippen molar-refractivity contribution >= 4 is 11.9 Å². The number of aromatic carboxylic acids is 2. The van der Waals surface area contributed by atoms with E-state index in [1.54, 1.807) is 48.5 Å². The van der Waals surface area contributed by atoms with Gasteiger partial charge in [-0.3, -0.25) is 0 Å². The third-order valence-corrected chi connectivity index (χ3v) is 8.89. The predicted molar refractivity (Wildman–Crippen MR) is 161 cm³/mol. The molecule has 8 nitrogen and oxygen atoms in total. The Balaban J connectivity index is 1.32. The van der Waals surface area contributed by atoms with Gasteiger partial charge in [0.15, 0.2) is 0 Å². The second-order valence-electron chi connectivity index (χ2n) is 12.5. The summed E-state index contributed by atoms with van der Waals surface area (Å²) in [6.07, 6.45) is 3.49. The Hall–Kier alpha value is -4.98. The van der Waals surface area contributed by atoms with Crippen LogP contribution in [0, 0.1) is 0 Å². The van der Waals surface area contributed by atoms with Crippen molar-refractivity contribution in [3.63, 3.8) is 0 Å². The van der Waals surface area contributed by atoms with Gasteiger partial charge in [0.05, 0.1) is 11.1 Å². The lowest BCUT2D eigenvalue weighted by Crippen LogP contribution is -2.77. The van der Waals surface area contributed by atoms with Gasteiger partial charge in [0.1, 0.15) is 45.4 Å². The normalized spacial score (nSPS) is 28.2. The van der Waals surface area contributed by atoms with Gasteiger partial charge in [-0.1, -0.05) is 36.4 Å². The molecular weight excluding hydrogens is 560 g/mol. The van der Waals surface area contributed by atoms with E-state index in [-0.39, 0.29) is 11.1 Å². The fourth-order valence-electron chi connectivity index (χ4n) is 8.01. The van der Waals surface area contributed by atoms with Gasteiger partial charge in [-0.05, 0) is 72.8 Å².